The van der Waals surface area contributed by atoms with E-state index in [0.717, 1.165) is 33.7 Å². The van der Waals surface area contributed by atoms with E-state index in [0.29, 0.717) is 18.5 Å². The molecule has 0 saturated carbocycles. The Hall–Kier alpha value is -1.68. The highest BCUT2D eigenvalue weighted by Gasteiger charge is 2.32. The van der Waals surface area contributed by atoms with Gasteiger partial charge >= 0.3 is 0 Å². The van der Waals surface area contributed by atoms with Crippen LogP contribution in [0.4, 0.5) is 0 Å². The van der Waals surface area contributed by atoms with Crippen molar-refractivity contribution >= 4 is 38.5 Å². The van der Waals surface area contributed by atoms with Crippen LogP contribution in [0.1, 0.15) is 61.4 Å². The number of hydrogen-bond donors (Lipinski definition) is 0. The SMILES string of the molecule is CCCCCCCCN1C(=O)Cc2cc(Br)c3ccccc3c2C1=O. The molecule has 132 valence electrons. The Bertz CT molecular complexity index is 800. The van der Waals surface area contributed by atoms with Crippen LogP contribution in [0.2, 0.25) is 0 Å². The van der Waals surface area contributed by atoms with Crippen molar-refractivity contribution in [1.82, 2.24) is 4.90 Å². The largest absolute Gasteiger partial charge is 0.278 e. The van der Waals surface area contributed by atoms with E-state index in [1.165, 1.54) is 30.6 Å². The highest BCUT2D eigenvalue weighted by atomic mass is 79.9. The molecule has 0 spiro atoms. The Morgan fingerprint density at radius 3 is 2.44 bits per heavy atom. The van der Waals surface area contributed by atoms with Gasteiger partial charge in [-0.2, -0.15) is 0 Å². The van der Waals surface area contributed by atoms with Gasteiger partial charge in [0.25, 0.3) is 5.91 Å². The summed E-state index contributed by atoms with van der Waals surface area (Å²) < 4.78 is 0.937. The number of halogens is 1. The van der Waals surface area contributed by atoms with Gasteiger partial charge in [-0.3, -0.25) is 14.5 Å². The van der Waals surface area contributed by atoms with Crippen molar-refractivity contribution in [2.45, 2.75) is 51.9 Å². The van der Waals surface area contributed by atoms with E-state index in [1.807, 2.05) is 30.3 Å². The fourth-order valence-corrected chi connectivity index (χ4v) is 4.18. The van der Waals surface area contributed by atoms with Crippen LogP contribution in [0.3, 0.4) is 0 Å². The summed E-state index contributed by atoms with van der Waals surface area (Å²) in [7, 11) is 0. The molecule has 4 heteroatoms. The number of fused-ring (bicyclic) bond motifs is 3. The third kappa shape index (κ3) is 3.79. The lowest BCUT2D eigenvalue weighted by Gasteiger charge is -2.28. The monoisotopic (exact) mass is 401 g/mol. The van der Waals surface area contributed by atoms with Gasteiger partial charge < -0.3 is 0 Å². The maximum atomic E-state index is 13.0. The van der Waals surface area contributed by atoms with Gasteiger partial charge in [0.2, 0.25) is 5.91 Å². The third-order valence-electron chi connectivity index (χ3n) is 4.91. The van der Waals surface area contributed by atoms with Crippen LogP contribution in [0, 0.1) is 0 Å². The zero-order chi connectivity index (χ0) is 17.8. The fourth-order valence-electron chi connectivity index (χ4n) is 3.56. The lowest BCUT2D eigenvalue weighted by molar-refractivity contribution is -0.128. The molecule has 1 heterocycles. The maximum absolute atomic E-state index is 13.0. The molecule has 2 aromatic rings. The van der Waals surface area contributed by atoms with E-state index >= 15 is 0 Å². The number of nitrogens with zero attached hydrogens (tertiary/aromatic N) is 1. The minimum Gasteiger partial charge on any atom is -0.278 e. The van der Waals surface area contributed by atoms with Gasteiger partial charge in [-0.05, 0) is 28.8 Å². The lowest BCUT2D eigenvalue weighted by Crippen LogP contribution is -2.43. The van der Waals surface area contributed by atoms with Crippen LogP contribution in [0.15, 0.2) is 34.8 Å². The van der Waals surface area contributed by atoms with Crippen molar-refractivity contribution in [2.75, 3.05) is 6.54 Å². The minimum absolute atomic E-state index is 0.0757. The lowest BCUT2D eigenvalue weighted by atomic mass is 9.92. The molecule has 1 aliphatic rings. The standard InChI is InChI=1S/C21H24BrNO2/c1-2-3-4-5-6-9-12-23-19(24)14-15-13-18(22)16-10-7-8-11-17(16)20(15)21(23)25/h7-8,10-11,13H,2-6,9,12,14H2,1H3. The van der Waals surface area contributed by atoms with Gasteiger partial charge in [-0.15, -0.1) is 0 Å². The zero-order valence-corrected chi connectivity index (χ0v) is 16.3. The summed E-state index contributed by atoms with van der Waals surface area (Å²) in [4.78, 5) is 26.9. The van der Waals surface area contributed by atoms with Crippen LogP contribution in [-0.2, 0) is 11.2 Å². The molecule has 0 fully saturated rings. The highest BCUT2D eigenvalue weighted by molar-refractivity contribution is 9.10. The summed E-state index contributed by atoms with van der Waals surface area (Å²) >= 11 is 3.57. The number of hydrogen-bond acceptors (Lipinski definition) is 2. The van der Waals surface area contributed by atoms with Crippen LogP contribution in [0.5, 0.6) is 0 Å². The quantitative estimate of drug-likeness (QED) is 0.454. The number of unbranched alkanes of at least 4 members (excludes halogenated alkanes) is 5. The molecule has 1 aliphatic heterocycles. The summed E-state index contributed by atoms with van der Waals surface area (Å²) in [5.41, 5.74) is 1.53. The number of imide groups is 1. The van der Waals surface area contributed by atoms with Crippen LogP contribution < -0.4 is 0 Å². The predicted octanol–water partition coefficient (Wildman–Crippen LogP) is 5.49. The molecule has 0 N–H and O–H groups in total. The van der Waals surface area contributed by atoms with Gasteiger partial charge in [-0.25, -0.2) is 0 Å². The Morgan fingerprint density at radius 2 is 1.68 bits per heavy atom. The summed E-state index contributed by atoms with van der Waals surface area (Å²) in [5.74, 6) is -0.211. The number of carbonyl (C=O) groups excluding carboxylic acids is 2. The fraction of sp³-hybridized carbons (Fsp3) is 0.429. The van der Waals surface area contributed by atoms with Gasteiger partial charge in [-0.1, -0.05) is 79.2 Å². The van der Waals surface area contributed by atoms with Crippen LogP contribution >= 0.6 is 15.9 Å². The number of benzene rings is 2. The Kier molecular flexibility index (Phi) is 5.89. The van der Waals surface area contributed by atoms with E-state index < -0.39 is 0 Å². The molecule has 0 unspecified atom stereocenters. The average Bonchev–Trinajstić information content (AvgIpc) is 2.60. The smallest absolute Gasteiger partial charge is 0.261 e. The molecule has 0 aliphatic carbocycles. The van der Waals surface area contributed by atoms with Crippen molar-refractivity contribution < 1.29 is 9.59 Å². The summed E-state index contributed by atoms with van der Waals surface area (Å²) in [6.45, 7) is 2.73. The van der Waals surface area contributed by atoms with Crippen molar-refractivity contribution in [3.05, 3.63) is 45.9 Å². The molecule has 2 aromatic carbocycles. The van der Waals surface area contributed by atoms with E-state index in [9.17, 15) is 9.59 Å². The second-order valence-electron chi connectivity index (χ2n) is 6.73. The minimum atomic E-state index is -0.136. The van der Waals surface area contributed by atoms with Crippen molar-refractivity contribution in [3.8, 4) is 0 Å². The van der Waals surface area contributed by atoms with E-state index in [1.54, 1.807) is 0 Å². The molecular weight excluding hydrogens is 378 g/mol. The highest BCUT2D eigenvalue weighted by Crippen LogP contribution is 2.33. The predicted molar refractivity (Wildman–Crippen MR) is 105 cm³/mol. The molecular formula is C21H24BrNO2. The van der Waals surface area contributed by atoms with Gasteiger partial charge in [0.05, 0.1) is 12.0 Å². The first-order chi connectivity index (χ1) is 12.1. The van der Waals surface area contributed by atoms with E-state index in [4.69, 9.17) is 0 Å². The first-order valence-electron chi connectivity index (χ1n) is 9.18. The van der Waals surface area contributed by atoms with Gasteiger partial charge in [0, 0.05) is 11.0 Å². The number of rotatable bonds is 7. The molecule has 0 atom stereocenters. The Labute approximate surface area is 157 Å². The second-order valence-corrected chi connectivity index (χ2v) is 7.59. The molecule has 25 heavy (non-hydrogen) atoms. The first-order valence-corrected chi connectivity index (χ1v) is 9.97. The Balaban J connectivity index is 1.79. The average molecular weight is 402 g/mol. The summed E-state index contributed by atoms with van der Waals surface area (Å²) in [6.07, 6.45) is 7.17. The van der Waals surface area contributed by atoms with Crippen molar-refractivity contribution in [2.24, 2.45) is 0 Å². The summed E-state index contributed by atoms with van der Waals surface area (Å²) in [5, 5.41) is 1.95. The molecule has 0 aromatic heterocycles. The zero-order valence-electron chi connectivity index (χ0n) is 14.7. The molecule has 3 nitrogen and oxygen atoms in total. The molecule has 0 radical (unpaired) electrons. The van der Waals surface area contributed by atoms with Crippen molar-refractivity contribution in [1.29, 1.82) is 0 Å². The molecule has 3 rings (SSSR count). The van der Waals surface area contributed by atoms with Gasteiger partial charge in [0.1, 0.15) is 0 Å². The Morgan fingerprint density at radius 1 is 1.00 bits per heavy atom. The normalized spacial score (nSPS) is 14.2. The number of carbonyl (C=O) groups is 2. The first kappa shape index (κ1) is 18.1. The number of amides is 2. The molecule has 0 bridgehead atoms. The maximum Gasteiger partial charge on any atom is 0.261 e. The van der Waals surface area contributed by atoms with Crippen LogP contribution in [-0.4, -0.2) is 23.3 Å². The topological polar surface area (TPSA) is 37.4 Å². The van der Waals surface area contributed by atoms with E-state index in [2.05, 4.69) is 22.9 Å². The molecule has 0 saturated heterocycles. The van der Waals surface area contributed by atoms with Crippen LogP contribution in [0.25, 0.3) is 10.8 Å². The summed E-state index contributed by atoms with van der Waals surface area (Å²) in [6, 6.07) is 9.80. The third-order valence-corrected chi connectivity index (χ3v) is 5.57. The van der Waals surface area contributed by atoms with Gasteiger partial charge in [0.15, 0.2) is 0 Å². The van der Waals surface area contributed by atoms with E-state index in [-0.39, 0.29) is 11.8 Å². The molecule has 2 amide bonds. The second kappa shape index (κ2) is 8.13. The van der Waals surface area contributed by atoms with Crippen molar-refractivity contribution in [3.63, 3.8) is 0 Å².